The Kier molecular flexibility index (Phi) is 7.50. The molecule has 2 aromatic carbocycles. The van der Waals surface area contributed by atoms with Crippen molar-refractivity contribution in [2.75, 3.05) is 13.8 Å². The van der Waals surface area contributed by atoms with E-state index in [-0.39, 0.29) is 22.9 Å². The molecule has 202 valence electrons. The van der Waals surface area contributed by atoms with Crippen LogP contribution in [0.15, 0.2) is 59.5 Å². The van der Waals surface area contributed by atoms with Crippen LogP contribution in [-0.2, 0) is 35.6 Å². The smallest absolute Gasteiger partial charge is 0.331 e. The molecule has 2 aliphatic rings. The number of hydrogen-bond donors (Lipinski definition) is 1. The van der Waals surface area contributed by atoms with Gasteiger partial charge in [-0.05, 0) is 31.5 Å². The second kappa shape index (κ2) is 10.3. The summed E-state index contributed by atoms with van der Waals surface area (Å²) >= 11 is 1.36. The molecular formula is C24H26N4O8S2. The van der Waals surface area contributed by atoms with Gasteiger partial charge in [0.15, 0.2) is 6.73 Å². The summed E-state index contributed by atoms with van der Waals surface area (Å²) in [6.07, 6.45) is 0.117. The average molecular weight is 563 g/mol. The van der Waals surface area contributed by atoms with Crippen LogP contribution in [0.4, 0.5) is 5.69 Å². The van der Waals surface area contributed by atoms with E-state index in [0.29, 0.717) is 0 Å². The number of esters is 1. The molecule has 0 unspecified atom stereocenters. The number of carbonyl (C=O) groups excluding carboxylic acids is 3. The Bertz CT molecular complexity index is 1370. The van der Waals surface area contributed by atoms with Crippen LogP contribution in [0.5, 0.6) is 0 Å². The minimum atomic E-state index is -4.10. The van der Waals surface area contributed by atoms with E-state index in [9.17, 15) is 32.9 Å². The summed E-state index contributed by atoms with van der Waals surface area (Å²) in [7, 11) is -2.90. The van der Waals surface area contributed by atoms with Crippen molar-refractivity contribution in [3.8, 4) is 0 Å². The highest BCUT2D eigenvalue weighted by Gasteiger charge is 2.64. The van der Waals surface area contributed by atoms with Crippen LogP contribution >= 0.6 is 11.8 Å². The predicted octanol–water partition coefficient (Wildman–Crippen LogP) is 1.51. The number of nitrogens with zero attached hydrogens (tertiary/aromatic N) is 3. The molecule has 2 heterocycles. The third-order valence-corrected chi connectivity index (χ3v) is 9.70. The number of amides is 2. The summed E-state index contributed by atoms with van der Waals surface area (Å²) in [5.74, 6) is -1.50. The Morgan fingerprint density at radius 3 is 2.39 bits per heavy atom. The molecular weight excluding hydrogens is 536 g/mol. The molecule has 0 aromatic heterocycles. The third-order valence-electron chi connectivity index (χ3n) is 6.33. The summed E-state index contributed by atoms with van der Waals surface area (Å²) in [6, 6.07) is 11.7. The first-order valence-electron chi connectivity index (χ1n) is 11.5. The zero-order valence-corrected chi connectivity index (χ0v) is 22.4. The summed E-state index contributed by atoms with van der Waals surface area (Å²) in [4.78, 5) is 49.8. The topological polar surface area (TPSA) is 156 Å². The molecule has 0 saturated carbocycles. The van der Waals surface area contributed by atoms with Crippen LogP contribution < -0.4 is 5.32 Å². The van der Waals surface area contributed by atoms with Crippen LogP contribution in [0.2, 0.25) is 0 Å². The van der Waals surface area contributed by atoms with Gasteiger partial charge in [-0.3, -0.25) is 19.7 Å². The van der Waals surface area contributed by atoms with Crippen molar-refractivity contribution < 1.29 is 32.5 Å². The first-order chi connectivity index (χ1) is 17.8. The van der Waals surface area contributed by atoms with Gasteiger partial charge >= 0.3 is 5.97 Å². The molecule has 2 saturated heterocycles. The standard InChI is InChI=1S/C24H26N4O8S2/c1-24(2)20(23(31)36-14-26(3)38(34,35)17-11-9-16(10-12-17)28(32)33)27-21(30)19(22(27)37-24)25-18(29)13-15-7-5-4-6-8-15/h4-12,19-20,22H,13-14H2,1-3H3,(H,25,29)/t19-,20+,22-/m1/s1. The number of nitro groups is 1. The maximum absolute atomic E-state index is 13.0. The molecule has 0 spiro atoms. The zero-order valence-electron chi connectivity index (χ0n) is 20.8. The van der Waals surface area contributed by atoms with E-state index < -0.39 is 55.8 Å². The van der Waals surface area contributed by atoms with Gasteiger partial charge in [0.25, 0.3) is 5.69 Å². The van der Waals surface area contributed by atoms with E-state index in [4.69, 9.17) is 4.74 Å². The summed E-state index contributed by atoms with van der Waals surface area (Å²) < 4.78 is 30.9. The largest absolute Gasteiger partial charge is 0.447 e. The molecule has 2 amide bonds. The normalized spacial score (nSPS) is 21.9. The Morgan fingerprint density at radius 2 is 1.79 bits per heavy atom. The molecule has 14 heteroatoms. The van der Waals surface area contributed by atoms with E-state index in [1.54, 1.807) is 13.8 Å². The van der Waals surface area contributed by atoms with Gasteiger partial charge in [-0.2, -0.15) is 4.31 Å². The van der Waals surface area contributed by atoms with Crippen molar-refractivity contribution in [2.24, 2.45) is 0 Å². The lowest BCUT2D eigenvalue weighted by molar-refractivity contribution is -0.384. The highest BCUT2D eigenvalue weighted by molar-refractivity contribution is 8.01. The molecule has 0 radical (unpaired) electrons. The van der Waals surface area contributed by atoms with Gasteiger partial charge in [-0.15, -0.1) is 11.8 Å². The van der Waals surface area contributed by atoms with Crippen molar-refractivity contribution in [1.29, 1.82) is 0 Å². The Labute approximate surface area is 223 Å². The van der Waals surface area contributed by atoms with Crippen LogP contribution in [0.3, 0.4) is 0 Å². The fourth-order valence-electron chi connectivity index (χ4n) is 4.35. The van der Waals surface area contributed by atoms with Gasteiger partial charge in [-0.1, -0.05) is 30.3 Å². The predicted molar refractivity (Wildman–Crippen MR) is 137 cm³/mol. The molecule has 1 N–H and O–H groups in total. The van der Waals surface area contributed by atoms with Gasteiger partial charge in [0.2, 0.25) is 21.8 Å². The summed E-state index contributed by atoms with van der Waals surface area (Å²) in [5.41, 5.74) is 0.546. The van der Waals surface area contributed by atoms with E-state index in [1.807, 2.05) is 30.3 Å². The van der Waals surface area contributed by atoms with E-state index in [1.165, 1.54) is 23.7 Å². The number of fused-ring (bicyclic) bond motifs is 1. The molecule has 0 aliphatic carbocycles. The number of non-ortho nitro benzene ring substituents is 1. The van der Waals surface area contributed by atoms with Crippen molar-refractivity contribution >= 4 is 45.3 Å². The second-order valence-corrected chi connectivity index (χ2v) is 13.2. The minimum absolute atomic E-state index is 0.117. The lowest BCUT2D eigenvalue weighted by Crippen LogP contribution is -2.70. The van der Waals surface area contributed by atoms with Gasteiger partial charge < -0.3 is 15.0 Å². The number of nitro benzene ring substituents is 1. The van der Waals surface area contributed by atoms with Gasteiger partial charge in [0.05, 0.1) is 16.2 Å². The molecule has 12 nitrogen and oxygen atoms in total. The summed E-state index contributed by atoms with van der Waals surface area (Å²) in [6.45, 7) is 2.92. The Morgan fingerprint density at radius 1 is 1.16 bits per heavy atom. The molecule has 4 rings (SSSR count). The second-order valence-electron chi connectivity index (χ2n) is 9.41. The Hall–Kier alpha value is -3.49. The van der Waals surface area contributed by atoms with Crippen LogP contribution in [0, 0.1) is 10.1 Å². The molecule has 2 fully saturated rings. The quantitative estimate of drug-likeness (QED) is 0.157. The van der Waals surface area contributed by atoms with Crippen molar-refractivity contribution in [2.45, 2.75) is 47.4 Å². The number of thioether (sulfide) groups is 1. The lowest BCUT2D eigenvalue weighted by Gasteiger charge is -2.44. The number of ether oxygens (including phenoxy) is 1. The SMILES string of the molecule is CN(COC(=O)[C@@H]1N2C(=O)[C@@H](NC(=O)Cc3ccccc3)[C@H]2SC1(C)C)S(=O)(=O)c1ccc([N+](=O)[O-])cc1. The zero-order chi connectivity index (χ0) is 27.8. The fourth-order valence-corrected chi connectivity index (χ4v) is 7.01. The van der Waals surface area contributed by atoms with Crippen molar-refractivity contribution in [3.63, 3.8) is 0 Å². The highest BCUT2D eigenvalue weighted by Crippen LogP contribution is 2.51. The number of hydrogen-bond acceptors (Lipinski definition) is 9. The van der Waals surface area contributed by atoms with E-state index in [2.05, 4.69) is 5.32 Å². The molecule has 38 heavy (non-hydrogen) atoms. The van der Waals surface area contributed by atoms with Gasteiger partial charge in [0.1, 0.15) is 17.5 Å². The number of rotatable bonds is 9. The van der Waals surface area contributed by atoms with Crippen LogP contribution in [0.25, 0.3) is 0 Å². The number of benzene rings is 2. The highest BCUT2D eigenvalue weighted by atomic mass is 32.2. The molecule has 2 aromatic rings. The molecule has 0 bridgehead atoms. The first-order valence-corrected chi connectivity index (χ1v) is 13.9. The minimum Gasteiger partial charge on any atom is -0.447 e. The van der Waals surface area contributed by atoms with Crippen LogP contribution in [0.1, 0.15) is 19.4 Å². The number of sulfonamides is 1. The monoisotopic (exact) mass is 562 g/mol. The molecule has 2 aliphatic heterocycles. The first kappa shape index (κ1) is 27.5. The number of carbonyl (C=O) groups is 3. The van der Waals surface area contributed by atoms with Gasteiger partial charge in [-0.25, -0.2) is 13.2 Å². The van der Waals surface area contributed by atoms with Crippen molar-refractivity contribution in [3.05, 3.63) is 70.3 Å². The maximum atomic E-state index is 13.0. The lowest BCUT2D eigenvalue weighted by atomic mass is 9.96. The average Bonchev–Trinajstić information content (AvgIpc) is 3.13. The Balaban J connectivity index is 1.37. The summed E-state index contributed by atoms with van der Waals surface area (Å²) in [5, 5.41) is 13.1. The van der Waals surface area contributed by atoms with Crippen LogP contribution in [-0.4, -0.2) is 76.3 Å². The number of β-lactam (4-membered cyclic amide) rings is 1. The van der Waals surface area contributed by atoms with E-state index >= 15 is 0 Å². The van der Waals surface area contributed by atoms with Gasteiger partial charge in [0, 0.05) is 23.9 Å². The molecule has 3 atom stereocenters. The maximum Gasteiger partial charge on any atom is 0.331 e. The van der Waals surface area contributed by atoms with Crippen molar-refractivity contribution in [1.82, 2.24) is 14.5 Å². The van der Waals surface area contributed by atoms with E-state index in [0.717, 1.165) is 34.1 Å². The third kappa shape index (κ3) is 5.24. The fraction of sp³-hybridized carbons (Fsp3) is 0.375. The number of nitrogens with one attached hydrogen (secondary N) is 1.